The molecule has 2 amide bonds. The molecule has 4 aromatic rings. The zero-order chi connectivity index (χ0) is 32.1. The summed E-state index contributed by atoms with van der Waals surface area (Å²) in [6, 6.07) is 32.8. The van der Waals surface area contributed by atoms with E-state index in [0.29, 0.717) is 36.6 Å². The Morgan fingerprint density at radius 1 is 0.778 bits per heavy atom. The van der Waals surface area contributed by atoms with Gasteiger partial charge in [-0.2, -0.15) is 0 Å². The molecule has 4 rings (SSSR count). The maximum atomic E-state index is 14.2. The second-order valence-electron chi connectivity index (χ2n) is 10.6. The van der Waals surface area contributed by atoms with E-state index in [-0.39, 0.29) is 17.3 Å². The molecule has 1 atom stereocenters. The number of carbonyl (C=O) groups excluding carboxylic acids is 2. The average Bonchev–Trinajstić information content (AvgIpc) is 3.07. The van der Waals surface area contributed by atoms with Gasteiger partial charge in [-0.05, 0) is 73.4 Å². The van der Waals surface area contributed by atoms with Gasteiger partial charge >= 0.3 is 0 Å². The molecule has 0 aliphatic carbocycles. The highest BCUT2D eigenvalue weighted by molar-refractivity contribution is 7.92. The van der Waals surface area contributed by atoms with Gasteiger partial charge in [0.2, 0.25) is 11.8 Å². The van der Waals surface area contributed by atoms with Crippen molar-refractivity contribution >= 4 is 27.5 Å². The summed E-state index contributed by atoms with van der Waals surface area (Å²) >= 11 is 0. The molecule has 1 unspecified atom stereocenters. The predicted octanol–water partition coefficient (Wildman–Crippen LogP) is 6.44. The standard InChI is InChI=1S/C36H41N3O5S/c1-3-5-26-37-36(41)34(4-2)38(27-25-29-15-9-6-10-16-29)35(40)28-39(45(42,43)33-19-13-8-14-20-33)30-21-23-32(24-22-30)44-31-17-11-7-12-18-31/h6-24,34H,3-5,25-28H2,1-2H3,(H,37,41). The minimum Gasteiger partial charge on any atom is -0.457 e. The van der Waals surface area contributed by atoms with Crippen LogP contribution in [0.4, 0.5) is 5.69 Å². The number of sulfonamides is 1. The maximum Gasteiger partial charge on any atom is 0.264 e. The van der Waals surface area contributed by atoms with E-state index in [0.717, 1.165) is 22.7 Å². The Morgan fingerprint density at radius 3 is 1.96 bits per heavy atom. The minimum absolute atomic E-state index is 0.0580. The van der Waals surface area contributed by atoms with Crippen LogP contribution in [-0.2, 0) is 26.0 Å². The number of hydrogen-bond donors (Lipinski definition) is 1. The van der Waals surface area contributed by atoms with Crippen LogP contribution in [0.2, 0.25) is 0 Å². The van der Waals surface area contributed by atoms with Crippen molar-refractivity contribution in [3.63, 3.8) is 0 Å². The predicted molar refractivity (Wildman–Crippen MR) is 178 cm³/mol. The summed E-state index contributed by atoms with van der Waals surface area (Å²) in [6.07, 6.45) is 2.65. The molecule has 0 spiro atoms. The molecule has 45 heavy (non-hydrogen) atoms. The monoisotopic (exact) mass is 627 g/mol. The Labute approximate surface area is 266 Å². The quantitative estimate of drug-likeness (QED) is 0.144. The third-order valence-electron chi connectivity index (χ3n) is 7.41. The van der Waals surface area contributed by atoms with Gasteiger partial charge < -0.3 is 15.0 Å². The van der Waals surface area contributed by atoms with Crippen molar-refractivity contribution in [3.05, 3.63) is 121 Å². The Hall–Kier alpha value is -4.63. The number of unbranched alkanes of at least 4 members (excludes halogenated alkanes) is 1. The lowest BCUT2D eigenvalue weighted by Gasteiger charge is -2.33. The van der Waals surface area contributed by atoms with Gasteiger partial charge in [0.25, 0.3) is 10.0 Å². The molecule has 0 saturated heterocycles. The summed E-state index contributed by atoms with van der Waals surface area (Å²) in [7, 11) is -4.15. The molecule has 0 aliphatic heterocycles. The fraction of sp³-hybridized carbons (Fsp3) is 0.278. The normalized spacial score (nSPS) is 11.8. The molecule has 4 aromatic carbocycles. The Bertz CT molecular complexity index is 1600. The van der Waals surface area contributed by atoms with Crippen LogP contribution in [0.15, 0.2) is 120 Å². The van der Waals surface area contributed by atoms with Crippen LogP contribution >= 0.6 is 0 Å². The average molecular weight is 628 g/mol. The first-order valence-electron chi connectivity index (χ1n) is 15.3. The van der Waals surface area contributed by atoms with E-state index < -0.39 is 28.5 Å². The SMILES string of the molecule is CCCCNC(=O)C(CC)N(CCc1ccccc1)C(=O)CN(c1ccc(Oc2ccccc2)cc1)S(=O)(=O)c1ccccc1. The molecule has 8 nitrogen and oxygen atoms in total. The van der Waals surface area contributed by atoms with Crippen LogP contribution in [0, 0.1) is 0 Å². The van der Waals surface area contributed by atoms with E-state index in [1.54, 1.807) is 42.5 Å². The van der Waals surface area contributed by atoms with Crippen LogP contribution in [0.3, 0.4) is 0 Å². The van der Waals surface area contributed by atoms with Crippen LogP contribution in [-0.4, -0.2) is 50.8 Å². The van der Waals surface area contributed by atoms with E-state index in [9.17, 15) is 18.0 Å². The van der Waals surface area contributed by atoms with Crippen LogP contribution in [0.1, 0.15) is 38.7 Å². The molecular weight excluding hydrogens is 586 g/mol. The van der Waals surface area contributed by atoms with Gasteiger partial charge in [-0.25, -0.2) is 8.42 Å². The number of anilines is 1. The number of benzene rings is 4. The molecule has 0 aromatic heterocycles. The van der Waals surface area contributed by atoms with Crippen molar-refractivity contribution in [2.45, 2.75) is 50.5 Å². The Balaban J connectivity index is 1.66. The number of amides is 2. The van der Waals surface area contributed by atoms with Crippen molar-refractivity contribution in [2.75, 3.05) is 23.9 Å². The van der Waals surface area contributed by atoms with Gasteiger partial charge in [-0.1, -0.05) is 87.0 Å². The molecule has 0 saturated carbocycles. The summed E-state index contributed by atoms with van der Waals surface area (Å²) in [4.78, 5) is 29.1. The van der Waals surface area contributed by atoms with Gasteiger partial charge in [-0.3, -0.25) is 13.9 Å². The number of ether oxygens (including phenoxy) is 1. The molecule has 236 valence electrons. The second kappa shape index (κ2) is 16.4. The minimum atomic E-state index is -4.15. The van der Waals surface area contributed by atoms with Gasteiger partial charge in [-0.15, -0.1) is 0 Å². The number of para-hydroxylation sites is 1. The van der Waals surface area contributed by atoms with E-state index in [4.69, 9.17) is 4.74 Å². The third kappa shape index (κ3) is 9.18. The fourth-order valence-corrected chi connectivity index (χ4v) is 6.39. The molecule has 0 radical (unpaired) electrons. The number of nitrogens with zero attached hydrogens (tertiary/aromatic N) is 2. The lowest BCUT2D eigenvalue weighted by molar-refractivity contribution is -0.139. The van der Waals surface area contributed by atoms with Crippen LogP contribution in [0.5, 0.6) is 11.5 Å². The summed E-state index contributed by atoms with van der Waals surface area (Å²) < 4.78 is 35.1. The Kier molecular flexibility index (Phi) is 12.2. The maximum absolute atomic E-state index is 14.2. The largest absolute Gasteiger partial charge is 0.457 e. The zero-order valence-electron chi connectivity index (χ0n) is 25.8. The summed E-state index contributed by atoms with van der Waals surface area (Å²) in [5, 5.41) is 2.96. The second-order valence-corrected chi connectivity index (χ2v) is 12.5. The van der Waals surface area contributed by atoms with E-state index in [1.165, 1.54) is 17.0 Å². The number of rotatable bonds is 16. The molecule has 0 heterocycles. The number of nitrogens with one attached hydrogen (secondary N) is 1. The molecule has 0 fully saturated rings. The first-order chi connectivity index (χ1) is 21.8. The van der Waals surface area contributed by atoms with Crippen molar-refractivity contribution in [3.8, 4) is 11.5 Å². The topological polar surface area (TPSA) is 96.0 Å². The van der Waals surface area contributed by atoms with Crippen molar-refractivity contribution in [2.24, 2.45) is 0 Å². The van der Waals surface area contributed by atoms with Gasteiger partial charge in [0.05, 0.1) is 10.6 Å². The highest BCUT2D eigenvalue weighted by Gasteiger charge is 2.33. The fourth-order valence-electron chi connectivity index (χ4n) is 4.96. The van der Waals surface area contributed by atoms with Crippen LogP contribution < -0.4 is 14.4 Å². The van der Waals surface area contributed by atoms with Crippen molar-refractivity contribution in [1.29, 1.82) is 0 Å². The number of carbonyl (C=O) groups is 2. The summed E-state index contributed by atoms with van der Waals surface area (Å²) in [6.45, 7) is 4.19. The highest BCUT2D eigenvalue weighted by atomic mass is 32.2. The Morgan fingerprint density at radius 2 is 1.36 bits per heavy atom. The van der Waals surface area contributed by atoms with Crippen molar-refractivity contribution < 1.29 is 22.7 Å². The molecule has 1 N–H and O–H groups in total. The number of hydrogen-bond acceptors (Lipinski definition) is 5. The third-order valence-corrected chi connectivity index (χ3v) is 9.20. The molecule has 0 bridgehead atoms. The first kappa shape index (κ1) is 33.3. The van der Waals surface area contributed by atoms with Gasteiger partial charge in [0.15, 0.2) is 0 Å². The smallest absolute Gasteiger partial charge is 0.264 e. The van der Waals surface area contributed by atoms with Crippen molar-refractivity contribution in [1.82, 2.24) is 10.2 Å². The summed E-state index contributed by atoms with van der Waals surface area (Å²) in [5.74, 6) is 0.457. The van der Waals surface area contributed by atoms with E-state index in [1.807, 2.05) is 74.5 Å². The molecule has 0 aliphatic rings. The van der Waals surface area contributed by atoms with E-state index in [2.05, 4.69) is 5.32 Å². The van der Waals surface area contributed by atoms with Gasteiger partial charge in [0, 0.05) is 13.1 Å². The van der Waals surface area contributed by atoms with E-state index >= 15 is 0 Å². The molecular formula is C36H41N3O5S. The highest BCUT2D eigenvalue weighted by Crippen LogP contribution is 2.28. The lowest BCUT2D eigenvalue weighted by Crippen LogP contribution is -2.53. The first-order valence-corrected chi connectivity index (χ1v) is 16.8. The van der Waals surface area contributed by atoms with Crippen LogP contribution in [0.25, 0.3) is 0 Å². The molecule has 9 heteroatoms. The zero-order valence-corrected chi connectivity index (χ0v) is 26.7. The lowest BCUT2D eigenvalue weighted by atomic mass is 10.1. The van der Waals surface area contributed by atoms with Gasteiger partial charge in [0.1, 0.15) is 24.1 Å². The summed E-state index contributed by atoms with van der Waals surface area (Å²) in [5.41, 5.74) is 1.32.